The SMILES string of the molecule is O=C(Cl)CC1=CC(F)=C(F)C=C=C1. The van der Waals surface area contributed by atoms with Crippen LogP contribution >= 0.6 is 11.6 Å². The van der Waals surface area contributed by atoms with Gasteiger partial charge >= 0.3 is 0 Å². The van der Waals surface area contributed by atoms with Crippen molar-refractivity contribution in [2.24, 2.45) is 0 Å². The number of halogens is 3. The van der Waals surface area contributed by atoms with Crippen LogP contribution in [0.4, 0.5) is 8.78 Å². The van der Waals surface area contributed by atoms with Gasteiger partial charge in [-0.1, -0.05) is 0 Å². The van der Waals surface area contributed by atoms with Gasteiger partial charge < -0.3 is 0 Å². The van der Waals surface area contributed by atoms with E-state index >= 15 is 0 Å². The lowest BCUT2D eigenvalue weighted by atomic mass is 10.2. The molecule has 0 saturated heterocycles. The largest absolute Gasteiger partial charge is 0.281 e. The highest BCUT2D eigenvalue weighted by Crippen LogP contribution is 2.18. The number of hydrogen-bond acceptors (Lipinski definition) is 1. The zero-order valence-corrected chi connectivity index (χ0v) is 7.24. The number of hydrogen-bond donors (Lipinski definition) is 0. The molecule has 0 N–H and O–H groups in total. The third-order valence-electron chi connectivity index (χ3n) is 1.36. The highest BCUT2D eigenvalue weighted by Gasteiger charge is 2.06. The first-order valence-corrected chi connectivity index (χ1v) is 3.84. The van der Waals surface area contributed by atoms with Gasteiger partial charge in [0.15, 0.2) is 11.7 Å². The lowest BCUT2D eigenvalue weighted by Crippen LogP contribution is -1.88. The van der Waals surface area contributed by atoms with E-state index in [0.29, 0.717) is 5.57 Å². The van der Waals surface area contributed by atoms with Crippen molar-refractivity contribution in [2.45, 2.75) is 6.42 Å². The van der Waals surface area contributed by atoms with Crippen LogP contribution in [0.1, 0.15) is 6.42 Å². The molecule has 0 heterocycles. The summed E-state index contributed by atoms with van der Waals surface area (Å²) in [6, 6.07) is 0. The summed E-state index contributed by atoms with van der Waals surface area (Å²) < 4.78 is 25.3. The average Bonchev–Trinajstić information content (AvgIpc) is 2.14. The van der Waals surface area contributed by atoms with Crippen LogP contribution in [-0.4, -0.2) is 5.24 Å². The van der Waals surface area contributed by atoms with Gasteiger partial charge in [0, 0.05) is 12.5 Å². The lowest BCUT2D eigenvalue weighted by molar-refractivity contribution is -0.111. The normalized spacial score (nSPS) is 15.8. The molecule has 1 aliphatic rings. The quantitative estimate of drug-likeness (QED) is 0.497. The van der Waals surface area contributed by atoms with E-state index in [1.165, 1.54) is 6.08 Å². The molecule has 0 radical (unpaired) electrons. The molecule has 0 saturated carbocycles. The van der Waals surface area contributed by atoms with Crippen LogP contribution in [-0.2, 0) is 4.79 Å². The molecule has 4 heteroatoms. The minimum absolute atomic E-state index is 0.136. The maximum absolute atomic E-state index is 12.7. The Bertz CT molecular complexity index is 360. The van der Waals surface area contributed by atoms with Crippen LogP contribution < -0.4 is 0 Å². The van der Waals surface area contributed by atoms with Crippen LogP contribution in [0.3, 0.4) is 0 Å². The summed E-state index contributed by atoms with van der Waals surface area (Å²) in [7, 11) is 0. The predicted octanol–water partition coefficient (Wildman–Crippen LogP) is 2.94. The van der Waals surface area contributed by atoms with Crippen LogP contribution in [0, 0.1) is 0 Å². The third kappa shape index (κ3) is 2.98. The van der Waals surface area contributed by atoms with Crippen LogP contribution in [0.5, 0.6) is 0 Å². The maximum atomic E-state index is 12.7. The summed E-state index contributed by atoms with van der Waals surface area (Å²) in [5, 5.41) is -0.626. The Morgan fingerprint density at radius 1 is 1.38 bits per heavy atom. The molecule has 0 aromatic heterocycles. The minimum atomic E-state index is -1.02. The van der Waals surface area contributed by atoms with Crippen molar-refractivity contribution in [3.05, 3.63) is 41.2 Å². The molecule has 1 aliphatic carbocycles. The summed E-state index contributed by atoms with van der Waals surface area (Å²) >= 11 is 5.08. The van der Waals surface area contributed by atoms with E-state index in [0.717, 1.165) is 12.2 Å². The number of carbonyl (C=O) groups excluding carboxylic acids is 1. The Morgan fingerprint density at radius 3 is 2.69 bits per heavy atom. The summed E-state index contributed by atoms with van der Waals surface area (Å²) in [6.07, 6.45) is 2.96. The average molecular weight is 203 g/mol. The number of allylic oxidation sites excluding steroid dienone is 5. The third-order valence-corrected chi connectivity index (χ3v) is 1.50. The van der Waals surface area contributed by atoms with Gasteiger partial charge in [0.2, 0.25) is 5.24 Å². The van der Waals surface area contributed by atoms with Crippen molar-refractivity contribution in [3.63, 3.8) is 0 Å². The van der Waals surface area contributed by atoms with Crippen molar-refractivity contribution in [1.82, 2.24) is 0 Å². The van der Waals surface area contributed by atoms with E-state index in [9.17, 15) is 13.6 Å². The van der Waals surface area contributed by atoms with Crippen molar-refractivity contribution in [3.8, 4) is 0 Å². The van der Waals surface area contributed by atoms with Gasteiger partial charge in [-0.05, 0) is 29.3 Å². The summed E-state index contributed by atoms with van der Waals surface area (Å²) in [5.41, 5.74) is 2.67. The summed E-state index contributed by atoms with van der Waals surface area (Å²) in [4.78, 5) is 10.4. The fourth-order valence-corrected chi connectivity index (χ4v) is 0.981. The molecule has 0 aliphatic heterocycles. The van der Waals surface area contributed by atoms with Crippen LogP contribution in [0.2, 0.25) is 0 Å². The molecule has 0 aromatic rings. The molecular weight excluding hydrogens is 198 g/mol. The monoisotopic (exact) mass is 202 g/mol. The summed E-state index contributed by atoms with van der Waals surface area (Å²) in [6.45, 7) is 0. The molecule has 1 nitrogen and oxygen atoms in total. The lowest BCUT2D eigenvalue weighted by Gasteiger charge is -1.93. The molecule has 13 heavy (non-hydrogen) atoms. The zero-order valence-electron chi connectivity index (χ0n) is 6.48. The standard InChI is InChI=1S/C9H5ClF2O/c10-9(13)5-6-2-1-3-7(11)8(12)4-6/h2-4H,5H2. The zero-order chi connectivity index (χ0) is 9.84. The van der Waals surface area contributed by atoms with Gasteiger partial charge in [0.05, 0.1) is 0 Å². The maximum Gasteiger partial charge on any atom is 0.226 e. The summed E-state index contributed by atoms with van der Waals surface area (Å²) in [5.74, 6) is -2.03. The van der Waals surface area contributed by atoms with E-state index in [2.05, 4.69) is 5.73 Å². The first-order chi connectivity index (χ1) is 6.09. The van der Waals surface area contributed by atoms with Gasteiger partial charge in [-0.15, -0.1) is 5.73 Å². The van der Waals surface area contributed by atoms with E-state index in [4.69, 9.17) is 11.6 Å². The fourth-order valence-electron chi connectivity index (χ4n) is 0.827. The van der Waals surface area contributed by atoms with Crippen molar-refractivity contribution >= 4 is 16.8 Å². The van der Waals surface area contributed by atoms with E-state index in [1.54, 1.807) is 0 Å². The fraction of sp³-hybridized carbons (Fsp3) is 0.111. The molecule has 0 atom stereocenters. The van der Waals surface area contributed by atoms with Gasteiger partial charge in [0.1, 0.15) is 0 Å². The molecule has 68 valence electrons. The Morgan fingerprint density at radius 2 is 2.08 bits per heavy atom. The van der Waals surface area contributed by atoms with Crippen molar-refractivity contribution in [2.75, 3.05) is 0 Å². The van der Waals surface area contributed by atoms with Gasteiger partial charge in [-0.3, -0.25) is 4.79 Å². The topological polar surface area (TPSA) is 17.1 Å². The minimum Gasteiger partial charge on any atom is -0.281 e. The Hall–Kier alpha value is -1.18. The highest BCUT2D eigenvalue weighted by atomic mass is 35.5. The molecule has 0 unspecified atom stereocenters. The number of carbonyl (C=O) groups is 1. The first-order valence-electron chi connectivity index (χ1n) is 3.46. The van der Waals surface area contributed by atoms with Crippen LogP contribution in [0.25, 0.3) is 0 Å². The first kappa shape index (κ1) is 9.90. The van der Waals surface area contributed by atoms with Crippen molar-refractivity contribution < 1.29 is 13.6 Å². The second-order valence-electron chi connectivity index (χ2n) is 2.40. The van der Waals surface area contributed by atoms with Gasteiger partial charge in [-0.2, -0.15) is 0 Å². The van der Waals surface area contributed by atoms with Crippen LogP contribution in [0.15, 0.2) is 41.2 Å². The molecule has 1 rings (SSSR count). The Labute approximate surface area is 78.7 Å². The predicted molar refractivity (Wildman–Crippen MR) is 45.5 cm³/mol. The second kappa shape index (κ2) is 4.17. The molecular formula is C9H5ClF2O. The number of rotatable bonds is 2. The Kier molecular flexibility index (Phi) is 3.18. The smallest absolute Gasteiger partial charge is 0.226 e. The van der Waals surface area contributed by atoms with E-state index in [-0.39, 0.29) is 6.42 Å². The molecule has 0 amide bonds. The molecule has 0 aromatic carbocycles. The molecule has 0 bridgehead atoms. The molecule has 0 fully saturated rings. The van der Waals surface area contributed by atoms with E-state index in [1.807, 2.05) is 0 Å². The van der Waals surface area contributed by atoms with E-state index < -0.39 is 16.9 Å². The highest BCUT2D eigenvalue weighted by molar-refractivity contribution is 6.63. The van der Waals surface area contributed by atoms with Gasteiger partial charge in [-0.25, -0.2) is 8.78 Å². The molecule has 0 spiro atoms. The van der Waals surface area contributed by atoms with Gasteiger partial charge in [0.25, 0.3) is 0 Å². The van der Waals surface area contributed by atoms with Crippen molar-refractivity contribution in [1.29, 1.82) is 0 Å². The Balaban J connectivity index is 2.95. The second-order valence-corrected chi connectivity index (χ2v) is 2.82.